The van der Waals surface area contributed by atoms with Crippen LogP contribution in [0.25, 0.3) is 0 Å². The molecule has 0 aromatic carbocycles. The molecule has 0 aromatic rings. The summed E-state index contributed by atoms with van der Waals surface area (Å²) in [5.41, 5.74) is -1.56. The van der Waals surface area contributed by atoms with Gasteiger partial charge in [-0.15, -0.1) is 0 Å². The van der Waals surface area contributed by atoms with Gasteiger partial charge in [0.1, 0.15) is 5.54 Å². The van der Waals surface area contributed by atoms with E-state index in [2.05, 4.69) is 10.6 Å². The van der Waals surface area contributed by atoms with Gasteiger partial charge >= 0.3 is 6.18 Å². The van der Waals surface area contributed by atoms with E-state index < -0.39 is 11.7 Å². The minimum atomic E-state index is -4.09. The van der Waals surface area contributed by atoms with Gasteiger partial charge in [0.2, 0.25) is 0 Å². The van der Waals surface area contributed by atoms with Gasteiger partial charge in [-0.1, -0.05) is 0 Å². The van der Waals surface area contributed by atoms with Gasteiger partial charge in [-0.25, -0.2) is 0 Å². The lowest BCUT2D eigenvalue weighted by Gasteiger charge is -2.26. The maximum absolute atomic E-state index is 12.7. The predicted molar refractivity (Wildman–Crippen MR) is 56.3 cm³/mol. The third-order valence-electron chi connectivity index (χ3n) is 3.62. The van der Waals surface area contributed by atoms with Crippen molar-refractivity contribution in [3.05, 3.63) is 0 Å². The Kier molecular flexibility index (Phi) is 3.18. The van der Waals surface area contributed by atoms with Crippen LogP contribution in [-0.4, -0.2) is 30.3 Å². The Bertz CT molecular complexity index is 242. The monoisotopic (exact) mass is 236 g/mol. The maximum atomic E-state index is 12.7. The number of hydrogen-bond donors (Lipinski definition) is 2. The molecule has 16 heavy (non-hydrogen) atoms. The Labute approximate surface area is 94.0 Å². The Balaban J connectivity index is 1.80. The second-order valence-corrected chi connectivity index (χ2v) is 5.15. The van der Waals surface area contributed by atoms with Crippen LogP contribution >= 0.6 is 0 Å². The van der Waals surface area contributed by atoms with E-state index in [1.54, 1.807) is 0 Å². The van der Waals surface area contributed by atoms with Crippen molar-refractivity contribution in [3.63, 3.8) is 0 Å². The number of nitrogens with one attached hydrogen (secondary N) is 2. The molecule has 2 rings (SSSR count). The molecule has 0 amide bonds. The first kappa shape index (κ1) is 12.2. The van der Waals surface area contributed by atoms with Gasteiger partial charge in [0.25, 0.3) is 0 Å². The summed E-state index contributed by atoms with van der Waals surface area (Å²) in [6.45, 7) is 2.85. The van der Waals surface area contributed by atoms with Gasteiger partial charge in [0, 0.05) is 12.1 Å². The van der Waals surface area contributed by atoms with Gasteiger partial charge in [0.05, 0.1) is 0 Å². The maximum Gasteiger partial charge on any atom is 0.406 e. The molecule has 1 aliphatic heterocycles. The minimum absolute atomic E-state index is 0.0697. The number of halogens is 3. The highest BCUT2D eigenvalue weighted by molar-refractivity contribution is 5.09. The molecule has 2 unspecified atom stereocenters. The molecule has 1 saturated carbocycles. The molecule has 0 radical (unpaired) electrons. The molecule has 0 aromatic heterocycles. The molecule has 1 saturated heterocycles. The molecular weight excluding hydrogens is 217 g/mol. The van der Waals surface area contributed by atoms with Crippen LogP contribution in [0.2, 0.25) is 0 Å². The molecule has 2 atom stereocenters. The summed E-state index contributed by atoms with van der Waals surface area (Å²) in [5.74, 6) is 0. The van der Waals surface area contributed by atoms with Crippen LogP contribution in [-0.2, 0) is 0 Å². The molecule has 1 aliphatic carbocycles. The van der Waals surface area contributed by atoms with E-state index in [-0.39, 0.29) is 18.9 Å². The Morgan fingerprint density at radius 3 is 2.56 bits per heavy atom. The zero-order valence-corrected chi connectivity index (χ0v) is 9.53. The second-order valence-electron chi connectivity index (χ2n) is 5.15. The van der Waals surface area contributed by atoms with E-state index in [9.17, 15) is 13.2 Å². The first-order chi connectivity index (χ1) is 7.43. The van der Waals surface area contributed by atoms with E-state index >= 15 is 0 Å². The molecule has 2 fully saturated rings. The molecular formula is C11H19F3N2. The van der Waals surface area contributed by atoms with Crippen molar-refractivity contribution in [3.8, 4) is 0 Å². The molecule has 94 valence electrons. The predicted octanol–water partition coefficient (Wildman–Crippen LogP) is 2.20. The quantitative estimate of drug-likeness (QED) is 0.782. The van der Waals surface area contributed by atoms with Gasteiger partial charge in [0.15, 0.2) is 0 Å². The number of alkyl halides is 3. The van der Waals surface area contributed by atoms with Crippen LogP contribution in [0.3, 0.4) is 0 Å². The van der Waals surface area contributed by atoms with E-state index in [0.29, 0.717) is 6.04 Å². The van der Waals surface area contributed by atoms with Gasteiger partial charge in [-0.2, -0.15) is 13.2 Å². The fourth-order valence-electron chi connectivity index (χ4n) is 2.55. The number of hydrogen-bond acceptors (Lipinski definition) is 2. The Hall–Kier alpha value is -0.290. The smallest absolute Gasteiger partial charge is 0.314 e. The molecule has 5 heteroatoms. The summed E-state index contributed by atoms with van der Waals surface area (Å²) < 4.78 is 38.1. The van der Waals surface area contributed by atoms with E-state index in [4.69, 9.17) is 0 Å². The standard InChI is InChI=1S/C11H19F3N2/c1-8(7-9-3-2-6-15-9)16-10(4-5-10)11(12,13)14/h8-9,15-16H,2-7H2,1H3. The van der Waals surface area contributed by atoms with E-state index in [1.807, 2.05) is 6.92 Å². The topological polar surface area (TPSA) is 24.1 Å². The zero-order valence-electron chi connectivity index (χ0n) is 9.53. The first-order valence-electron chi connectivity index (χ1n) is 6.01. The second kappa shape index (κ2) is 4.18. The SMILES string of the molecule is CC(CC1CCCN1)NC1(C(F)(F)F)CC1. The van der Waals surface area contributed by atoms with Crippen molar-refractivity contribution >= 4 is 0 Å². The molecule has 2 N–H and O–H groups in total. The van der Waals surface area contributed by atoms with Crippen molar-refractivity contribution in [1.29, 1.82) is 0 Å². The van der Waals surface area contributed by atoms with Crippen molar-refractivity contribution in [1.82, 2.24) is 10.6 Å². The fraction of sp³-hybridized carbons (Fsp3) is 1.00. The van der Waals surface area contributed by atoms with Crippen LogP contribution in [0.15, 0.2) is 0 Å². The number of rotatable bonds is 4. The van der Waals surface area contributed by atoms with Crippen LogP contribution in [0.4, 0.5) is 13.2 Å². The summed E-state index contributed by atoms with van der Waals surface area (Å²) in [5, 5.41) is 6.08. The fourth-order valence-corrected chi connectivity index (χ4v) is 2.55. The first-order valence-corrected chi connectivity index (χ1v) is 6.01. The van der Waals surface area contributed by atoms with Gasteiger partial charge < -0.3 is 10.6 Å². The molecule has 0 bridgehead atoms. The summed E-state index contributed by atoms with van der Waals surface area (Å²) in [6, 6.07) is 0.325. The summed E-state index contributed by atoms with van der Waals surface area (Å²) in [4.78, 5) is 0. The van der Waals surface area contributed by atoms with Crippen LogP contribution in [0, 0.1) is 0 Å². The van der Waals surface area contributed by atoms with Crippen molar-refractivity contribution in [2.45, 2.75) is 62.8 Å². The molecule has 2 nitrogen and oxygen atoms in total. The highest BCUT2D eigenvalue weighted by Gasteiger charge is 2.63. The molecule has 0 spiro atoms. The average molecular weight is 236 g/mol. The third-order valence-corrected chi connectivity index (χ3v) is 3.62. The highest BCUT2D eigenvalue weighted by Crippen LogP contribution is 2.49. The summed E-state index contributed by atoms with van der Waals surface area (Å²) in [6.07, 6.45) is -0.604. The lowest BCUT2D eigenvalue weighted by Crippen LogP contribution is -2.50. The average Bonchev–Trinajstić information content (AvgIpc) is 2.75. The largest absolute Gasteiger partial charge is 0.406 e. The summed E-state index contributed by atoms with van der Waals surface area (Å²) >= 11 is 0. The Morgan fingerprint density at radius 2 is 2.12 bits per heavy atom. The van der Waals surface area contributed by atoms with Crippen molar-refractivity contribution in [2.75, 3.05) is 6.54 Å². The van der Waals surface area contributed by atoms with Crippen LogP contribution in [0.1, 0.15) is 39.0 Å². The van der Waals surface area contributed by atoms with Crippen molar-refractivity contribution < 1.29 is 13.2 Å². The molecule has 1 heterocycles. The van der Waals surface area contributed by atoms with E-state index in [1.165, 1.54) is 0 Å². The highest BCUT2D eigenvalue weighted by atomic mass is 19.4. The van der Waals surface area contributed by atoms with Crippen molar-refractivity contribution in [2.24, 2.45) is 0 Å². The van der Waals surface area contributed by atoms with Crippen LogP contribution < -0.4 is 10.6 Å². The third kappa shape index (κ3) is 2.51. The van der Waals surface area contributed by atoms with Crippen LogP contribution in [0.5, 0.6) is 0 Å². The minimum Gasteiger partial charge on any atom is -0.314 e. The normalized spacial score (nSPS) is 30.4. The summed E-state index contributed by atoms with van der Waals surface area (Å²) in [7, 11) is 0. The Morgan fingerprint density at radius 1 is 1.44 bits per heavy atom. The zero-order chi connectivity index (χ0) is 11.8. The lowest BCUT2D eigenvalue weighted by atomic mass is 10.1. The molecule has 2 aliphatic rings. The van der Waals surface area contributed by atoms with Gasteiger partial charge in [-0.3, -0.25) is 0 Å². The van der Waals surface area contributed by atoms with E-state index in [0.717, 1.165) is 25.8 Å². The lowest BCUT2D eigenvalue weighted by molar-refractivity contribution is -0.167. The van der Waals surface area contributed by atoms with Gasteiger partial charge in [-0.05, 0) is 45.6 Å².